The molecule has 98 valence electrons. The van der Waals surface area contributed by atoms with Crippen LogP contribution in [0.2, 0.25) is 0 Å². The van der Waals surface area contributed by atoms with Crippen molar-refractivity contribution in [3.05, 3.63) is 35.4 Å². The summed E-state index contributed by atoms with van der Waals surface area (Å²) in [5.74, 6) is 0. The van der Waals surface area contributed by atoms with Gasteiger partial charge in [0.15, 0.2) is 0 Å². The first kappa shape index (κ1) is 12.2. The lowest BCUT2D eigenvalue weighted by atomic mass is 9.67. The Morgan fingerprint density at radius 2 is 2.17 bits per heavy atom. The van der Waals surface area contributed by atoms with E-state index in [1.54, 1.807) is 0 Å². The summed E-state index contributed by atoms with van der Waals surface area (Å²) < 4.78 is 5.79. The van der Waals surface area contributed by atoms with Gasteiger partial charge >= 0.3 is 0 Å². The first-order chi connectivity index (χ1) is 8.84. The van der Waals surface area contributed by atoms with E-state index in [1.165, 1.54) is 24.0 Å². The van der Waals surface area contributed by atoms with Crippen molar-refractivity contribution in [1.82, 2.24) is 0 Å². The molecule has 2 atom stereocenters. The van der Waals surface area contributed by atoms with Gasteiger partial charge in [-0.15, -0.1) is 0 Å². The van der Waals surface area contributed by atoms with Crippen LogP contribution in [0.3, 0.4) is 0 Å². The molecular weight excluding hydrogens is 224 g/mol. The zero-order valence-corrected chi connectivity index (χ0v) is 10.9. The molecule has 1 aliphatic carbocycles. The van der Waals surface area contributed by atoms with Gasteiger partial charge in [-0.05, 0) is 49.7 Å². The first-order valence-electron chi connectivity index (χ1n) is 7.15. The van der Waals surface area contributed by atoms with Crippen LogP contribution in [-0.2, 0) is 16.6 Å². The van der Waals surface area contributed by atoms with E-state index in [2.05, 4.69) is 24.3 Å². The Morgan fingerprint density at radius 1 is 1.28 bits per heavy atom. The molecule has 2 aliphatic rings. The van der Waals surface area contributed by atoms with Crippen LogP contribution in [0.4, 0.5) is 0 Å². The summed E-state index contributed by atoms with van der Waals surface area (Å²) in [6.45, 7) is 1.15. The van der Waals surface area contributed by atoms with Crippen LogP contribution in [0.1, 0.15) is 43.2 Å². The maximum absolute atomic E-state index is 9.99. The minimum Gasteiger partial charge on any atom is -0.395 e. The van der Waals surface area contributed by atoms with Crippen molar-refractivity contribution in [2.45, 2.75) is 50.0 Å². The standard InChI is InChI=1S/C16H22O2/c17-12-16(11-14-7-4-10-18-14)9-3-6-13-5-1-2-8-15(13)16/h1-2,5,8,14,17H,3-4,6-7,9-12H2. The number of ether oxygens (including phenoxy) is 1. The lowest BCUT2D eigenvalue weighted by Gasteiger charge is -2.39. The molecule has 3 rings (SSSR count). The second-order valence-electron chi connectivity index (χ2n) is 5.79. The van der Waals surface area contributed by atoms with E-state index in [9.17, 15) is 5.11 Å². The minimum absolute atomic E-state index is 0.0517. The molecule has 1 aromatic carbocycles. The van der Waals surface area contributed by atoms with Gasteiger partial charge < -0.3 is 9.84 Å². The average Bonchev–Trinajstić information content (AvgIpc) is 2.92. The Balaban J connectivity index is 1.91. The summed E-state index contributed by atoms with van der Waals surface area (Å²) in [7, 11) is 0. The molecule has 0 spiro atoms. The van der Waals surface area contributed by atoms with Crippen molar-refractivity contribution in [2.75, 3.05) is 13.2 Å². The van der Waals surface area contributed by atoms with Gasteiger partial charge in [0.1, 0.15) is 0 Å². The summed E-state index contributed by atoms with van der Waals surface area (Å²) in [6, 6.07) is 8.64. The molecule has 1 aromatic rings. The predicted octanol–water partition coefficient (Wildman–Crippen LogP) is 2.82. The van der Waals surface area contributed by atoms with Gasteiger partial charge in [0.2, 0.25) is 0 Å². The minimum atomic E-state index is -0.0517. The van der Waals surface area contributed by atoms with E-state index >= 15 is 0 Å². The number of aliphatic hydroxyl groups excluding tert-OH is 1. The Bertz CT molecular complexity index is 409. The number of hydrogen-bond acceptors (Lipinski definition) is 2. The highest BCUT2D eigenvalue weighted by Crippen LogP contribution is 2.42. The fourth-order valence-electron chi connectivity index (χ4n) is 3.69. The van der Waals surface area contributed by atoms with Crippen LogP contribution in [0.15, 0.2) is 24.3 Å². The first-order valence-corrected chi connectivity index (χ1v) is 7.15. The monoisotopic (exact) mass is 246 g/mol. The van der Waals surface area contributed by atoms with Crippen LogP contribution in [0, 0.1) is 0 Å². The highest BCUT2D eigenvalue weighted by Gasteiger charge is 2.38. The lowest BCUT2D eigenvalue weighted by Crippen LogP contribution is -2.38. The topological polar surface area (TPSA) is 29.5 Å². The van der Waals surface area contributed by atoms with E-state index in [4.69, 9.17) is 4.74 Å². The number of fused-ring (bicyclic) bond motifs is 1. The number of aliphatic hydroxyl groups is 1. The fraction of sp³-hybridized carbons (Fsp3) is 0.625. The Hall–Kier alpha value is -0.860. The normalized spacial score (nSPS) is 31.3. The van der Waals surface area contributed by atoms with Gasteiger partial charge in [-0.2, -0.15) is 0 Å². The van der Waals surface area contributed by atoms with Gasteiger partial charge in [-0.1, -0.05) is 24.3 Å². The number of hydrogen-bond donors (Lipinski definition) is 1. The molecule has 18 heavy (non-hydrogen) atoms. The largest absolute Gasteiger partial charge is 0.395 e. The van der Waals surface area contributed by atoms with Crippen molar-refractivity contribution in [3.63, 3.8) is 0 Å². The molecule has 1 fully saturated rings. The molecule has 0 aromatic heterocycles. The molecule has 2 heteroatoms. The molecule has 0 radical (unpaired) electrons. The lowest BCUT2D eigenvalue weighted by molar-refractivity contribution is 0.0574. The molecule has 1 aliphatic heterocycles. The molecule has 2 unspecified atom stereocenters. The summed E-state index contributed by atoms with van der Waals surface area (Å²) in [6.07, 6.45) is 7.11. The van der Waals surface area contributed by atoms with Crippen molar-refractivity contribution < 1.29 is 9.84 Å². The average molecular weight is 246 g/mol. The smallest absolute Gasteiger partial charge is 0.0585 e. The SMILES string of the molecule is OCC1(CC2CCCO2)CCCc2ccccc21. The van der Waals surface area contributed by atoms with Gasteiger partial charge in [0.05, 0.1) is 12.7 Å². The van der Waals surface area contributed by atoms with Crippen molar-refractivity contribution in [3.8, 4) is 0 Å². The Kier molecular flexibility index (Phi) is 3.40. The second-order valence-corrected chi connectivity index (χ2v) is 5.79. The second kappa shape index (κ2) is 5.02. The van der Waals surface area contributed by atoms with Crippen LogP contribution in [0.5, 0.6) is 0 Å². The highest BCUT2D eigenvalue weighted by molar-refractivity contribution is 5.37. The van der Waals surface area contributed by atoms with Gasteiger partial charge in [0.25, 0.3) is 0 Å². The van der Waals surface area contributed by atoms with Crippen LogP contribution in [0.25, 0.3) is 0 Å². The number of aryl methyl sites for hydroxylation is 1. The highest BCUT2D eigenvalue weighted by atomic mass is 16.5. The molecule has 2 nitrogen and oxygen atoms in total. The third-order valence-corrected chi connectivity index (χ3v) is 4.64. The summed E-state index contributed by atoms with van der Waals surface area (Å²) in [4.78, 5) is 0. The number of benzene rings is 1. The quantitative estimate of drug-likeness (QED) is 0.888. The van der Waals surface area contributed by atoms with Crippen LogP contribution in [-0.4, -0.2) is 24.4 Å². The molecule has 1 N–H and O–H groups in total. The number of rotatable bonds is 3. The van der Waals surface area contributed by atoms with Gasteiger partial charge in [-0.25, -0.2) is 0 Å². The predicted molar refractivity (Wildman–Crippen MR) is 71.7 cm³/mol. The van der Waals surface area contributed by atoms with Gasteiger partial charge in [-0.3, -0.25) is 0 Å². The third kappa shape index (κ3) is 2.08. The molecule has 1 saturated heterocycles. The van der Waals surface area contributed by atoms with Crippen LogP contribution >= 0.6 is 0 Å². The fourth-order valence-corrected chi connectivity index (χ4v) is 3.69. The zero-order valence-electron chi connectivity index (χ0n) is 10.9. The summed E-state index contributed by atoms with van der Waals surface area (Å²) in [5.41, 5.74) is 2.74. The third-order valence-electron chi connectivity index (χ3n) is 4.64. The maximum Gasteiger partial charge on any atom is 0.0585 e. The summed E-state index contributed by atoms with van der Waals surface area (Å²) >= 11 is 0. The van der Waals surface area contributed by atoms with Crippen molar-refractivity contribution in [1.29, 1.82) is 0 Å². The van der Waals surface area contributed by atoms with Crippen molar-refractivity contribution >= 4 is 0 Å². The molecular formula is C16H22O2. The Labute approximate surface area is 109 Å². The molecule has 1 heterocycles. The summed E-state index contributed by atoms with van der Waals surface area (Å²) in [5, 5.41) is 9.99. The molecule has 0 saturated carbocycles. The molecule has 0 bridgehead atoms. The van der Waals surface area contributed by atoms with Crippen molar-refractivity contribution in [2.24, 2.45) is 0 Å². The Morgan fingerprint density at radius 3 is 2.94 bits per heavy atom. The van der Waals surface area contributed by atoms with E-state index in [0.29, 0.717) is 6.10 Å². The van der Waals surface area contributed by atoms with Gasteiger partial charge in [0, 0.05) is 12.0 Å². The molecule has 0 amide bonds. The van der Waals surface area contributed by atoms with E-state index in [1.807, 2.05) is 0 Å². The van der Waals surface area contributed by atoms with E-state index < -0.39 is 0 Å². The zero-order chi connectivity index (χ0) is 12.4. The van der Waals surface area contributed by atoms with E-state index in [-0.39, 0.29) is 12.0 Å². The van der Waals surface area contributed by atoms with Crippen LogP contribution < -0.4 is 0 Å². The maximum atomic E-state index is 9.99. The van der Waals surface area contributed by atoms with E-state index in [0.717, 1.165) is 32.3 Å².